The summed E-state index contributed by atoms with van der Waals surface area (Å²) >= 11 is 6.69. The van der Waals surface area contributed by atoms with Gasteiger partial charge < -0.3 is 14.9 Å². The number of aromatic amines is 2. The predicted octanol–water partition coefficient (Wildman–Crippen LogP) is 4.85. The Morgan fingerprint density at radius 1 is 1.19 bits per heavy atom. The summed E-state index contributed by atoms with van der Waals surface area (Å²) in [5.41, 5.74) is 4.94. The third-order valence-corrected chi connectivity index (χ3v) is 6.77. The van der Waals surface area contributed by atoms with Crippen LogP contribution in [0.15, 0.2) is 24.3 Å². The summed E-state index contributed by atoms with van der Waals surface area (Å²) in [5.74, 6) is 0.735. The first-order chi connectivity index (χ1) is 12.5. The maximum absolute atomic E-state index is 12.7. The molecule has 0 unspecified atom stereocenters. The predicted molar refractivity (Wildman–Crippen MR) is 110 cm³/mol. The van der Waals surface area contributed by atoms with Gasteiger partial charge >= 0.3 is 0 Å². The fourth-order valence-corrected chi connectivity index (χ4v) is 5.38. The van der Waals surface area contributed by atoms with Crippen LogP contribution in [0.5, 0.6) is 0 Å². The van der Waals surface area contributed by atoms with Gasteiger partial charge in [0.1, 0.15) is 0 Å². The van der Waals surface area contributed by atoms with Gasteiger partial charge in [0, 0.05) is 40.3 Å². The minimum Gasteiger partial charge on any atom is -0.358 e. The van der Waals surface area contributed by atoms with Gasteiger partial charge in [-0.1, -0.05) is 18.2 Å². The molecule has 26 heavy (non-hydrogen) atoms. The Bertz CT molecular complexity index is 1010. The Morgan fingerprint density at radius 3 is 2.62 bits per heavy atom. The van der Waals surface area contributed by atoms with Crippen molar-refractivity contribution in [3.8, 4) is 0 Å². The Kier molecular flexibility index (Phi) is 4.71. The van der Waals surface area contributed by atoms with E-state index in [0.717, 1.165) is 40.5 Å². The minimum atomic E-state index is 0.215. The van der Waals surface area contributed by atoms with Crippen LogP contribution >= 0.6 is 23.6 Å². The standard InChI is InChI=1S/C20H23N3OS2/c1-12-17(26-20(25)22-12)11-18(24)23-9-7-14(8-10-23)19-13(2)21-16-6-4-3-5-15(16)19/h3-6,14,21H,7-11H2,1-2H3,(H,22,25). The molecule has 1 aromatic carbocycles. The molecule has 1 saturated heterocycles. The quantitative estimate of drug-likeness (QED) is 0.633. The van der Waals surface area contributed by atoms with E-state index in [2.05, 4.69) is 41.2 Å². The Labute approximate surface area is 162 Å². The number of aryl methyl sites for hydroxylation is 2. The molecule has 0 aliphatic carbocycles. The second kappa shape index (κ2) is 7.00. The number of nitrogens with one attached hydrogen (secondary N) is 2. The highest BCUT2D eigenvalue weighted by Gasteiger charge is 2.27. The molecule has 1 fully saturated rings. The molecule has 0 atom stereocenters. The number of amides is 1. The maximum atomic E-state index is 12.7. The summed E-state index contributed by atoms with van der Waals surface area (Å²) in [4.78, 5) is 22.4. The summed E-state index contributed by atoms with van der Waals surface area (Å²) in [6, 6.07) is 8.51. The van der Waals surface area contributed by atoms with Crippen molar-refractivity contribution in [2.45, 2.75) is 39.0 Å². The topological polar surface area (TPSA) is 51.9 Å². The van der Waals surface area contributed by atoms with Gasteiger partial charge in [0.15, 0.2) is 3.95 Å². The highest BCUT2D eigenvalue weighted by molar-refractivity contribution is 7.73. The van der Waals surface area contributed by atoms with E-state index < -0.39 is 0 Å². The number of para-hydroxylation sites is 1. The molecule has 6 heteroatoms. The fourth-order valence-electron chi connectivity index (χ4n) is 4.10. The van der Waals surface area contributed by atoms with E-state index >= 15 is 0 Å². The molecule has 0 spiro atoms. The number of hydrogen-bond donors (Lipinski definition) is 2. The Balaban J connectivity index is 1.45. The van der Waals surface area contributed by atoms with Crippen LogP contribution in [-0.4, -0.2) is 33.9 Å². The number of carbonyl (C=O) groups excluding carboxylic acids is 1. The van der Waals surface area contributed by atoms with Crippen molar-refractivity contribution in [1.29, 1.82) is 0 Å². The first-order valence-electron chi connectivity index (χ1n) is 9.06. The molecule has 1 aliphatic heterocycles. The van der Waals surface area contributed by atoms with Crippen molar-refractivity contribution >= 4 is 40.4 Å². The van der Waals surface area contributed by atoms with Crippen LogP contribution in [0, 0.1) is 17.8 Å². The number of H-pyrrole nitrogens is 2. The summed E-state index contributed by atoms with van der Waals surface area (Å²) in [5, 5.41) is 1.33. The van der Waals surface area contributed by atoms with Gasteiger partial charge in [0.2, 0.25) is 5.91 Å². The van der Waals surface area contributed by atoms with Crippen LogP contribution in [-0.2, 0) is 11.2 Å². The van der Waals surface area contributed by atoms with Crippen molar-refractivity contribution in [1.82, 2.24) is 14.9 Å². The van der Waals surface area contributed by atoms with Gasteiger partial charge in [-0.05, 0) is 56.5 Å². The zero-order valence-electron chi connectivity index (χ0n) is 15.1. The monoisotopic (exact) mass is 385 g/mol. The molecule has 1 amide bonds. The Morgan fingerprint density at radius 2 is 1.92 bits per heavy atom. The van der Waals surface area contributed by atoms with Gasteiger partial charge in [-0.2, -0.15) is 0 Å². The number of rotatable bonds is 3. The van der Waals surface area contributed by atoms with Crippen LogP contribution in [0.25, 0.3) is 10.9 Å². The number of thiazole rings is 1. The average Bonchev–Trinajstić information content (AvgIpc) is 3.12. The lowest BCUT2D eigenvalue weighted by molar-refractivity contribution is -0.131. The molecule has 3 aromatic rings. The minimum absolute atomic E-state index is 0.215. The molecule has 0 saturated carbocycles. The third kappa shape index (κ3) is 3.23. The highest BCUT2D eigenvalue weighted by Crippen LogP contribution is 2.35. The van der Waals surface area contributed by atoms with Crippen LogP contribution in [0.3, 0.4) is 0 Å². The van der Waals surface area contributed by atoms with Crippen LogP contribution in [0.2, 0.25) is 0 Å². The molecule has 4 nitrogen and oxygen atoms in total. The second-order valence-corrected chi connectivity index (χ2v) is 8.88. The summed E-state index contributed by atoms with van der Waals surface area (Å²) in [7, 11) is 0. The van der Waals surface area contributed by atoms with E-state index in [1.54, 1.807) is 0 Å². The van der Waals surface area contributed by atoms with Gasteiger partial charge in [-0.15, -0.1) is 11.3 Å². The number of hydrogen-bond acceptors (Lipinski definition) is 3. The molecule has 3 heterocycles. The molecular weight excluding hydrogens is 362 g/mol. The number of likely N-dealkylation sites (tertiary alicyclic amines) is 1. The maximum Gasteiger partial charge on any atom is 0.227 e. The number of piperidine rings is 1. The second-order valence-electron chi connectivity index (χ2n) is 7.10. The lowest BCUT2D eigenvalue weighted by Gasteiger charge is -2.32. The first-order valence-corrected chi connectivity index (χ1v) is 10.3. The van der Waals surface area contributed by atoms with E-state index in [9.17, 15) is 4.79 Å². The molecule has 2 N–H and O–H groups in total. The van der Waals surface area contributed by atoms with E-state index in [1.165, 1.54) is 33.5 Å². The summed E-state index contributed by atoms with van der Waals surface area (Å²) in [6.45, 7) is 5.81. The molecule has 0 radical (unpaired) electrons. The molecular formula is C20H23N3OS2. The zero-order chi connectivity index (χ0) is 18.3. The molecule has 1 aliphatic rings. The Hall–Kier alpha value is -1.92. The van der Waals surface area contributed by atoms with Crippen molar-refractivity contribution < 1.29 is 4.79 Å². The molecule has 4 rings (SSSR count). The highest BCUT2D eigenvalue weighted by atomic mass is 32.1. The van der Waals surface area contributed by atoms with Crippen molar-refractivity contribution in [2.24, 2.45) is 0 Å². The largest absolute Gasteiger partial charge is 0.358 e. The summed E-state index contributed by atoms with van der Waals surface area (Å²) in [6.07, 6.45) is 2.51. The van der Waals surface area contributed by atoms with E-state index in [0.29, 0.717) is 12.3 Å². The first kappa shape index (κ1) is 17.5. The lowest BCUT2D eigenvalue weighted by atomic mass is 9.87. The number of carbonyl (C=O) groups is 1. The number of fused-ring (bicyclic) bond motifs is 1. The number of aromatic nitrogens is 2. The van der Waals surface area contributed by atoms with Gasteiger partial charge in [-0.25, -0.2) is 0 Å². The number of benzene rings is 1. The van der Waals surface area contributed by atoms with Crippen LogP contribution < -0.4 is 0 Å². The van der Waals surface area contributed by atoms with Gasteiger partial charge in [0.05, 0.1) is 6.42 Å². The van der Waals surface area contributed by atoms with E-state index in [4.69, 9.17) is 12.2 Å². The third-order valence-electron chi connectivity index (χ3n) is 5.43. The van der Waals surface area contributed by atoms with Crippen molar-refractivity contribution in [2.75, 3.05) is 13.1 Å². The normalized spacial score (nSPS) is 15.7. The number of nitrogens with zero attached hydrogens (tertiary/aromatic N) is 1. The van der Waals surface area contributed by atoms with Gasteiger partial charge in [-0.3, -0.25) is 4.79 Å². The fraction of sp³-hybridized carbons (Fsp3) is 0.400. The average molecular weight is 386 g/mol. The van der Waals surface area contributed by atoms with Crippen LogP contribution in [0.1, 0.15) is 40.6 Å². The molecule has 0 bridgehead atoms. The smallest absolute Gasteiger partial charge is 0.227 e. The zero-order valence-corrected chi connectivity index (χ0v) is 16.7. The van der Waals surface area contributed by atoms with Crippen molar-refractivity contribution in [3.05, 3.63) is 50.0 Å². The van der Waals surface area contributed by atoms with Crippen molar-refractivity contribution in [3.63, 3.8) is 0 Å². The molecule has 2 aromatic heterocycles. The molecule has 136 valence electrons. The van der Waals surface area contributed by atoms with Crippen LogP contribution in [0.4, 0.5) is 0 Å². The summed E-state index contributed by atoms with van der Waals surface area (Å²) < 4.78 is 0.749. The lowest BCUT2D eigenvalue weighted by Crippen LogP contribution is -2.38. The van der Waals surface area contributed by atoms with E-state index in [1.807, 2.05) is 11.8 Å². The van der Waals surface area contributed by atoms with Gasteiger partial charge in [0.25, 0.3) is 0 Å². The van der Waals surface area contributed by atoms with E-state index in [-0.39, 0.29) is 5.91 Å². The SMILES string of the molecule is Cc1[nH]c(=S)sc1CC(=O)N1CCC(c2c(C)[nH]c3ccccc23)CC1.